The maximum Gasteiger partial charge on any atom is 0.290 e. The van der Waals surface area contributed by atoms with Crippen LogP contribution in [0.4, 0.5) is 0 Å². The number of amides is 7. The molecule has 11 N–H and O–H groups in total. The maximum atomic E-state index is 14.3. The Bertz CT molecular complexity index is 1990. The van der Waals surface area contributed by atoms with Gasteiger partial charge in [-0.05, 0) is 68.2 Å². The molecule has 2 heterocycles. The molecule has 2 aromatic rings. The first-order chi connectivity index (χ1) is 29.6. The van der Waals surface area contributed by atoms with Crippen LogP contribution in [0.15, 0.2) is 71.7 Å². The van der Waals surface area contributed by atoms with E-state index in [4.69, 9.17) is 11.5 Å². The minimum absolute atomic E-state index is 0.000294. The summed E-state index contributed by atoms with van der Waals surface area (Å²) in [6, 6.07) is 7.95. The number of nitrogens with zero attached hydrogens (tertiary/aromatic N) is 2. The van der Waals surface area contributed by atoms with Crippen LogP contribution in [0.25, 0.3) is 0 Å². The summed E-state index contributed by atoms with van der Waals surface area (Å²) >= 11 is 0. The van der Waals surface area contributed by atoms with Crippen molar-refractivity contribution in [3.8, 4) is 5.75 Å². The summed E-state index contributed by atoms with van der Waals surface area (Å²) < 4.78 is 0. The Labute approximate surface area is 360 Å². The molecule has 7 amide bonds. The summed E-state index contributed by atoms with van der Waals surface area (Å²) in [5, 5.41) is 25.7. The third-order valence-corrected chi connectivity index (χ3v) is 10.7. The van der Waals surface area contributed by atoms with Crippen LogP contribution in [0.1, 0.15) is 64.0 Å². The first-order valence-electron chi connectivity index (χ1n) is 20.7. The second kappa shape index (κ2) is 23.3. The maximum absolute atomic E-state index is 14.3. The third-order valence-electron chi connectivity index (χ3n) is 10.7. The smallest absolute Gasteiger partial charge is 0.290 e. The molecule has 0 aliphatic carbocycles. The molecule has 19 heteroatoms. The number of rotatable bonds is 13. The molecule has 334 valence electrons. The molecular formula is C43H58N10O9. The Balaban J connectivity index is 1.68. The van der Waals surface area contributed by atoms with Gasteiger partial charge in [-0.3, -0.25) is 43.3 Å². The molecule has 0 bridgehead atoms. The zero-order valence-corrected chi connectivity index (χ0v) is 35.2. The van der Waals surface area contributed by atoms with E-state index in [-0.39, 0.29) is 56.9 Å². The topological polar surface area (TPSA) is 297 Å². The van der Waals surface area contributed by atoms with E-state index in [1.54, 1.807) is 56.3 Å². The highest BCUT2D eigenvalue weighted by atomic mass is 16.3. The number of nitrogens with two attached hydrogens (primary N) is 2. The average molecular weight is 859 g/mol. The molecular weight excluding hydrogens is 801 g/mol. The molecule has 4 rings (SSSR count). The Kier molecular flexibility index (Phi) is 18.0. The molecule has 19 nitrogen and oxygen atoms in total. The van der Waals surface area contributed by atoms with Crippen LogP contribution in [0.3, 0.4) is 0 Å². The van der Waals surface area contributed by atoms with Crippen LogP contribution < -0.4 is 43.4 Å². The largest absolute Gasteiger partial charge is 0.508 e. The van der Waals surface area contributed by atoms with Crippen molar-refractivity contribution >= 4 is 53.1 Å². The molecule has 2 aromatic carbocycles. The second-order valence-electron chi connectivity index (χ2n) is 15.5. The van der Waals surface area contributed by atoms with Gasteiger partial charge in [0.2, 0.25) is 41.2 Å². The molecule has 1 fully saturated rings. The van der Waals surface area contributed by atoms with Crippen molar-refractivity contribution in [3.63, 3.8) is 0 Å². The van der Waals surface area contributed by atoms with Crippen LogP contribution in [0.2, 0.25) is 0 Å². The standard InChI is InChI=1S/C43H58N10O9/c1-4-25(2)36-40(60)49-29(22-28-14-17-30(54)18-15-28)16-19-34(55)47-24-32(51-38(58)26(3)48-35(56)23-27-10-6-5-7-11-27)42(62)53-21-9-13-33(53)39(59)50-31(37(57)41(61)52-36)12-8-20-46-43(44)45/h5-7,10-11,14-19,25-26,29,31-33,36,54H,4,8-9,12-13,20-24H2,1-3H3,(H,47,55)(H,48,56)(H,49,60)(H,50,59)(H,51,58)(H,52,61)(H4,44,45,46)/b19-16+/t25-,26+,29-,31+,32+,33+,36+/m1/s1. The lowest BCUT2D eigenvalue weighted by molar-refractivity contribution is -0.144. The second-order valence-corrected chi connectivity index (χ2v) is 15.5. The molecule has 0 saturated carbocycles. The highest BCUT2D eigenvalue weighted by molar-refractivity contribution is 6.38. The van der Waals surface area contributed by atoms with E-state index in [1.165, 1.54) is 30.0 Å². The van der Waals surface area contributed by atoms with Gasteiger partial charge in [-0.15, -0.1) is 0 Å². The lowest BCUT2D eigenvalue weighted by Gasteiger charge is -2.30. The number of aromatic hydroxyl groups is 1. The first-order valence-corrected chi connectivity index (χ1v) is 20.7. The van der Waals surface area contributed by atoms with Gasteiger partial charge in [0.1, 0.15) is 29.9 Å². The van der Waals surface area contributed by atoms with Gasteiger partial charge in [-0.2, -0.15) is 0 Å². The number of benzene rings is 2. The SMILES string of the molecule is CC[C@@H](C)[C@@H]1NC(=O)C(=O)[C@H](CCCN=C(N)N)NC(=O)[C@@H]2CCCN2C(=O)[C@@H](NC(=O)[C@H](C)NC(=O)Cc2ccccc2)CNC(=O)/C=C/[C@H](Cc2ccc(O)cc2)NC1=O. The zero-order valence-electron chi connectivity index (χ0n) is 35.2. The fourth-order valence-electron chi connectivity index (χ4n) is 7.04. The van der Waals surface area contributed by atoms with Crippen LogP contribution in [-0.4, -0.2) is 119 Å². The van der Waals surface area contributed by atoms with Gasteiger partial charge >= 0.3 is 0 Å². The summed E-state index contributed by atoms with van der Waals surface area (Å²) in [5.74, 6) is -6.81. The van der Waals surface area contributed by atoms with Crippen molar-refractivity contribution in [2.75, 3.05) is 19.6 Å². The molecule has 0 unspecified atom stereocenters. The van der Waals surface area contributed by atoms with Gasteiger partial charge in [0.25, 0.3) is 5.91 Å². The predicted octanol–water partition coefficient (Wildman–Crippen LogP) is -1.03. The number of nitrogens with one attached hydrogen (secondary N) is 6. The van der Waals surface area contributed by atoms with Gasteiger partial charge in [0.05, 0.1) is 18.5 Å². The van der Waals surface area contributed by atoms with Gasteiger partial charge < -0.3 is 53.4 Å². The molecule has 1 saturated heterocycles. The fourth-order valence-corrected chi connectivity index (χ4v) is 7.04. The summed E-state index contributed by atoms with van der Waals surface area (Å²) in [6.45, 7) is 4.69. The minimum Gasteiger partial charge on any atom is -0.508 e. The summed E-state index contributed by atoms with van der Waals surface area (Å²) in [6.07, 6.45) is 3.78. The lowest BCUT2D eigenvalue weighted by Crippen LogP contribution is -2.60. The average Bonchev–Trinajstić information content (AvgIpc) is 3.74. The normalized spacial score (nSPS) is 23.1. The Morgan fingerprint density at radius 3 is 2.32 bits per heavy atom. The number of hydrogen-bond acceptors (Lipinski definition) is 10. The molecule has 0 aromatic heterocycles. The number of hydrogen-bond donors (Lipinski definition) is 9. The highest BCUT2D eigenvalue weighted by Crippen LogP contribution is 2.20. The van der Waals surface area contributed by atoms with E-state index in [0.29, 0.717) is 18.4 Å². The van der Waals surface area contributed by atoms with Crippen LogP contribution >= 0.6 is 0 Å². The van der Waals surface area contributed by atoms with Gasteiger partial charge in [0.15, 0.2) is 5.96 Å². The number of fused-ring (bicyclic) bond motifs is 1. The number of phenols is 1. The summed E-state index contributed by atoms with van der Waals surface area (Å²) in [5.41, 5.74) is 12.3. The number of carbonyl (C=O) groups is 8. The van der Waals surface area contributed by atoms with Crippen LogP contribution in [-0.2, 0) is 51.2 Å². The Hall–Kier alpha value is -6.79. The van der Waals surface area contributed by atoms with E-state index in [1.807, 2.05) is 0 Å². The highest BCUT2D eigenvalue weighted by Gasteiger charge is 2.40. The molecule has 0 radical (unpaired) electrons. The summed E-state index contributed by atoms with van der Waals surface area (Å²) in [4.78, 5) is 115. The third kappa shape index (κ3) is 14.4. The Morgan fingerprint density at radius 2 is 1.65 bits per heavy atom. The molecule has 2 aliphatic rings. The molecule has 62 heavy (non-hydrogen) atoms. The summed E-state index contributed by atoms with van der Waals surface area (Å²) in [7, 11) is 0. The van der Waals surface area contributed by atoms with Crippen molar-refractivity contribution in [2.24, 2.45) is 22.4 Å². The van der Waals surface area contributed by atoms with E-state index < -0.39 is 95.8 Å². The zero-order chi connectivity index (χ0) is 45.3. The van der Waals surface area contributed by atoms with Gasteiger partial charge in [-0.1, -0.05) is 68.8 Å². The van der Waals surface area contributed by atoms with E-state index in [2.05, 4.69) is 36.9 Å². The van der Waals surface area contributed by atoms with Crippen molar-refractivity contribution in [1.29, 1.82) is 0 Å². The van der Waals surface area contributed by atoms with E-state index in [9.17, 15) is 43.5 Å². The first kappa shape index (κ1) is 47.9. The number of ketones is 1. The minimum atomic E-state index is -1.42. The van der Waals surface area contributed by atoms with E-state index in [0.717, 1.165) is 11.6 Å². The van der Waals surface area contributed by atoms with Crippen molar-refractivity contribution in [2.45, 2.75) is 102 Å². The molecule has 0 spiro atoms. The predicted molar refractivity (Wildman–Crippen MR) is 229 cm³/mol. The van der Waals surface area contributed by atoms with Gasteiger partial charge in [0, 0.05) is 25.7 Å². The van der Waals surface area contributed by atoms with Crippen LogP contribution in [0.5, 0.6) is 5.75 Å². The monoisotopic (exact) mass is 858 g/mol. The Morgan fingerprint density at radius 1 is 0.935 bits per heavy atom. The van der Waals surface area contributed by atoms with Crippen molar-refractivity contribution in [3.05, 3.63) is 77.9 Å². The lowest BCUT2D eigenvalue weighted by atomic mass is 9.96. The number of Topliss-reactive ketones (excluding diaryl/α,β-unsaturated/α-hetero) is 1. The number of carbonyl (C=O) groups excluding carboxylic acids is 8. The van der Waals surface area contributed by atoms with E-state index >= 15 is 0 Å². The fraction of sp³-hybridized carbons (Fsp3) is 0.465. The number of guanidine groups is 1. The van der Waals surface area contributed by atoms with Crippen molar-refractivity contribution < 1.29 is 43.5 Å². The van der Waals surface area contributed by atoms with Crippen molar-refractivity contribution in [1.82, 2.24) is 36.8 Å². The quantitative estimate of drug-likeness (QED) is 0.0508. The molecule has 7 atom stereocenters. The molecule has 2 aliphatic heterocycles. The van der Waals surface area contributed by atoms with Crippen LogP contribution in [0, 0.1) is 5.92 Å². The van der Waals surface area contributed by atoms with Gasteiger partial charge in [-0.25, -0.2) is 0 Å². The number of phenolic OH excluding ortho intramolecular Hbond substituents is 1. The number of aliphatic imine (C=N–C) groups is 1.